The molecule has 0 radical (unpaired) electrons. The number of ether oxygens (including phenoxy) is 1. The molecule has 8 heteroatoms. The van der Waals surface area contributed by atoms with Crippen molar-refractivity contribution >= 4 is 0 Å². The van der Waals surface area contributed by atoms with Crippen molar-refractivity contribution in [2.24, 2.45) is 0 Å². The molecular weight excluding hydrogens is 383 g/mol. The molecule has 0 saturated carbocycles. The average molecular weight is 396 g/mol. The number of alkyl halides is 3. The van der Waals surface area contributed by atoms with Gasteiger partial charge in [0.25, 0.3) is 0 Å². The van der Waals surface area contributed by atoms with Crippen molar-refractivity contribution in [3.8, 4) is 39.5 Å². The van der Waals surface area contributed by atoms with Crippen LogP contribution in [0.3, 0.4) is 0 Å². The first kappa shape index (κ1) is 19.5. The minimum atomic E-state index is -4.98. The van der Waals surface area contributed by atoms with E-state index in [2.05, 4.69) is 4.74 Å². The molecule has 0 unspecified atom stereocenters. The van der Waals surface area contributed by atoms with Crippen molar-refractivity contribution in [3.63, 3.8) is 0 Å². The molecule has 0 fully saturated rings. The summed E-state index contributed by atoms with van der Waals surface area (Å²) < 4.78 is 69.2. The zero-order valence-corrected chi connectivity index (χ0v) is 14.3. The molecule has 146 valence electrons. The van der Waals surface area contributed by atoms with Gasteiger partial charge in [-0.2, -0.15) is 0 Å². The van der Waals surface area contributed by atoms with Crippen LogP contribution in [0.2, 0.25) is 0 Å². The standard InChI is InChI=1S/C20H13F5O3/c1-10-2-4-16(21)12(6-10)14-8-19(27)15(9-18(14)26)13-7-11(3-5-17(13)22)28-20(23,24)25/h2-9,26-27H,1H3. The van der Waals surface area contributed by atoms with Crippen LogP contribution in [-0.4, -0.2) is 16.6 Å². The predicted molar refractivity (Wildman–Crippen MR) is 92.0 cm³/mol. The fourth-order valence-corrected chi connectivity index (χ4v) is 2.76. The first-order chi connectivity index (χ1) is 13.0. The maximum atomic E-state index is 14.2. The van der Waals surface area contributed by atoms with Crippen molar-refractivity contribution in [1.82, 2.24) is 0 Å². The van der Waals surface area contributed by atoms with Gasteiger partial charge in [-0.25, -0.2) is 8.78 Å². The highest BCUT2D eigenvalue weighted by atomic mass is 19.4. The van der Waals surface area contributed by atoms with Gasteiger partial charge in [-0.3, -0.25) is 0 Å². The van der Waals surface area contributed by atoms with E-state index in [0.29, 0.717) is 5.56 Å². The smallest absolute Gasteiger partial charge is 0.507 e. The van der Waals surface area contributed by atoms with Gasteiger partial charge in [0.2, 0.25) is 0 Å². The Morgan fingerprint density at radius 3 is 1.75 bits per heavy atom. The van der Waals surface area contributed by atoms with Crippen LogP contribution < -0.4 is 4.74 Å². The Hall–Kier alpha value is -3.29. The third kappa shape index (κ3) is 4.00. The lowest BCUT2D eigenvalue weighted by molar-refractivity contribution is -0.274. The van der Waals surface area contributed by atoms with Crippen LogP contribution in [0.25, 0.3) is 22.3 Å². The zero-order valence-electron chi connectivity index (χ0n) is 14.3. The Morgan fingerprint density at radius 1 is 0.714 bits per heavy atom. The topological polar surface area (TPSA) is 49.7 Å². The summed E-state index contributed by atoms with van der Waals surface area (Å²) in [6.07, 6.45) is -4.98. The summed E-state index contributed by atoms with van der Waals surface area (Å²) in [5.41, 5.74) is -0.0489. The van der Waals surface area contributed by atoms with Crippen molar-refractivity contribution in [1.29, 1.82) is 0 Å². The molecule has 0 bridgehead atoms. The molecule has 3 nitrogen and oxygen atoms in total. The largest absolute Gasteiger partial charge is 0.573 e. The molecule has 2 N–H and O–H groups in total. The highest BCUT2D eigenvalue weighted by molar-refractivity contribution is 5.81. The van der Waals surface area contributed by atoms with E-state index in [9.17, 15) is 32.2 Å². The van der Waals surface area contributed by atoms with E-state index in [4.69, 9.17) is 0 Å². The molecule has 28 heavy (non-hydrogen) atoms. The quantitative estimate of drug-likeness (QED) is 0.427. The van der Waals surface area contributed by atoms with Crippen LogP contribution in [0, 0.1) is 18.6 Å². The lowest BCUT2D eigenvalue weighted by Crippen LogP contribution is -2.17. The molecule has 3 aromatic carbocycles. The Kier molecular flexibility index (Phi) is 4.89. The fraction of sp³-hybridized carbons (Fsp3) is 0.100. The minimum Gasteiger partial charge on any atom is -0.507 e. The summed E-state index contributed by atoms with van der Waals surface area (Å²) in [4.78, 5) is 0. The highest BCUT2D eigenvalue weighted by Gasteiger charge is 2.31. The number of rotatable bonds is 3. The van der Waals surface area contributed by atoms with E-state index in [0.717, 1.165) is 30.3 Å². The van der Waals surface area contributed by atoms with Crippen molar-refractivity contribution in [3.05, 3.63) is 65.7 Å². The molecule has 3 rings (SSSR count). The molecule has 0 saturated heterocycles. The van der Waals surface area contributed by atoms with Crippen LogP contribution >= 0.6 is 0 Å². The summed E-state index contributed by atoms with van der Waals surface area (Å²) in [7, 11) is 0. The van der Waals surface area contributed by atoms with Crippen LogP contribution in [0.15, 0.2) is 48.5 Å². The van der Waals surface area contributed by atoms with Gasteiger partial charge in [0.1, 0.15) is 28.9 Å². The van der Waals surface area contributed by atoms with Gasteiger partial charge < -0.3 is 14.9 Å². The number of phenols is 2. The summed E-state index contributed by atoms with van der Waals surface area (Å²) in [6.45, 7) is 1.70. The van der Waals surface area contributed by atoms with Gasteiger partial charge in [-0.05, 0) is 49.4 Å². The molecule has 3 aromatic rings. The predicted octanol–water partition coefficient (Wildman–Crippen LogP) is 5.92. The number of hydrogen-bond donors (Lipinski definition) is 2. The molecule has 0 heterocycles. The Morgan fingerprint density at radius 2 is 1.21 bits per heavy atom. The van der Waals surface area contributed by atoms with Crippen molar-refractivity contribution in [2.45, 2.75) is 13.3 Å². The Balaban J connectivity index is 2.11. The third-order valence-corrected chi connectivity index (χ3v) is 3.99. The van der Waals surface area contributed by atoms with Gasteiger partial charge in [-0.15, -0.1) is 13.2 Å². The first-order valence-electron chi connectivity index (χ1n) is 7.93. The molecule has 0 aliphatic heterocycles. The lowest BCUT2D eigenvalue weighted by atomic mass is 9.96. The molecule has 0 amide bonds. The van der Waals surface area contributed by atoms with E-state index in [-0.39, 0.29) is 16.7 Å². The molecular formula is C20H13F5O3. The van der Waals surface area contributed by atoms with Gasteiger partial charge >= 0.3 is 6.36 Å². The Bertz CT molecular complexity index is 1040. The van der Waals surface area contributed by atoms with E-state index in [1.54, 1.807) is 6.92 Å². The highest BCUT2D eigenvalue weighted by Crippen LogP contribution is 2.42. The summed E-state index contributed by atoms with van der Waals surface area (Å²) in [6, 6.07) is 8.37. The Labute approximate surface area is 156 Å². The number of phenolic OH excluding ortho intramolecular Hbond substituents is 2. The van der Waals surface area contributed by atoms with Gasteiger partial charge in [0.15, 0.2) is 0 Å². The molecule has 0 atom stereocenters. The van der Waals surface area contributed by atoms with Gasteiger partial charge in [0.05, 0.1) is 0 Å². The average Bonchev–Trinajstić information content (AvgIpc) is 2.59. The van der Waals surface area contributed by atoms with E-state index < -0.39 is 40.8 Å². The molecule has 0 aliphatic carbocycles. The van der Waals surface area contributed by atoms with Crippen LogP contribution in [0.4, 0.5) is 22.0 Å². The van der Waals surface area contributed by atoms with Gasteiger partial charge in [0, 0.05) is 22.3 Å². The monoisotopic (exact) mass is 396 g/mol. The number of hydrogen-bond acceptors (Lipinski definition) is 3. The molecule has 0 aliphatic rings. The van der Waals surface area contributed by atoms with E-state index in [1.165, 1.54) is 18.2 Å². The normalized spacial score (nSPS) is 11.5. The summed E-state index contributed by atoms with van der Waals surface area (Å²) in [5, 5.41) is 20.6. The molecule has 0 spiro atoms. The van der Waals surface area contributed by atoms with Crippen molar-refractivity contribution < 1.29 is 36.9 Å². The van der Waals surface area contributed by atoms with Gasteiger partial charge in [-0.1, -0.05) is 11.6 Å². The second kappa shape index (κ2) is 7.03. The van der Waals surface area contributed by atoms with Crippen LogP contribution in [0.5, 0.6) is 17.2 Å². The van der Waals surface area contributed by atoms with Crippen molar-refractivity contribution in [2.75, 3.05) is 0 Å². The number of aryl methyl sites for hydroxylation is 1. The fourth-order valence-electron chi connectivity index (χ4n) is 2.76. The lowest BCUT2D eigenvalue weighted by Gasteiger charge is -2.14. The third-order valence-electron chi connectivity index (χ3n) is 3.99. The second-order valence-electron chi connectivity index (χ2n) is 6.06. The van der Waals surface area contributed by atoms with Crippen LogP contribution in [-0.2, 0) is 0 Å². The minimum absolute atomic E-state index is 0.00831. The maximum Gasteiger partial charge on any atom is 0.573 e. The second-order valence-corrected chi connectivity index (χ2v) is 6.06. The summed E-state index contributed by atoms with van der Waals surface area (Å²) in [5.74, 6) is -3.34. The number of aromatic hydroxyl groups is 2. The summed E-state index contributed by atoms with van der Waals surface area (Å²) >= 11 is 0. The maximum absolute atomic E-state index is 14.2. The SMILES string of the molecule is Cc1ccc(F)c(-c2cc(O)c(-c3cc(OC(F)(F)F)ccc3F)cc2O)c1. The van der Waals surface area contributed by atoms with E-state index in [1.807, 2.05) is 0 Å². The zero-order chi connectivity index (χ0) is 20.6. The number of benzene rings is 3. The number of halogens is 5. The molecule has 0 aromatic heterocycles. The van der Waals surface area contributed by atoms with E-state index >= 15 is 0 Å². The first-order valence-corrected chi connectivity index (χ1v) is 7.93. The van der Waals surface area contributed by atoms with Crippen LogP contribution in [0.1, 0.15) is 5.56 Å².